The highest BCUT2D eigenvalue weighted by Gasteiger charge is 2.42. The van der Waals surface area contributed by atoms with E-state index in [9.17, 15) is 9.18 Å². The molecule has 3 atom stereocenters. The quantitative estimate of drug-likeness (QED) is 0.850. The zero-order valence-electron chi connectivity index (χ0n) is 12.8. The van der Waals surface area contributed by atoms with Crippen molar-refractivity contribution in [3.05, 3.63) is 29.8 Å². The Hall–Kier alpha value is -1.62. The molecule has 1 aliphatic heterocycles. The van der Waals surface area contributed by atoms with Crippen LogP contribution in [0.4, 0.5) is 4.39 Å². The summed E-state index contributed by atoms with van der Waals surface area (Å²) in [7, 11) is 1.31. The molecule has 0 amide bonds. The van der Waals surface area contributed by atoms with Gasteiger partial charge in [0.05, 0.1) is 7.11 Å². The predicted octanol–water partition coefficient (Wildman–Crippen LogP) is 2.78. The van der Waals surface area contributed by atoms with Crippen molar-refractivity contribution in [3.63, 3.8) is 0 Å². The monoisotopic (exact) mass is 307 g/mol. The molecule has 0 aromatic heterocycles. The van der Waals surface area contributed by atoms with E-state index in [1.165, 1.54) is 20.0 Å². The minimum Gasteiger partial charge on any atom is -0.465 e. The van der Waals surface area contributed by atoms with Gasteiger partial charge >= 0.3 is 5.97 Å². The molecule has 1 saturated carbocycles. The van der Waals surface area contributed by atoms with Crippen LogP contribution in [-0.2, 0) is 4.74 Å². The standard InChI is InChI=1S/C17H22FNO3/c1-21-17(20)13-4-2-3-5-15(13)22-16(18)12-8-9-19-10-14(12)11-6-7-11/h2-5,11-12,14,16,19H,6-10H2,1H3. The fraction of sp³-hybridized carbons (Fsp3) is 0.588. The third-order valence-electron chi connectivity index (χ3n) is 4.68. The Kier molecular flexibility index (Phi) is 4.62. The van der Waals surface area contributed by atoms with Crippen LogP contribution in [0.15, 0.2) is 24.3 Å². The Morgan fingerprint density at radius 3 is 2.82 bits per heavy atom. The van der Waals surface area contributed by atoms with Crippen molar-refractivity contribution in [2.45, 2.75) is 25.6 Å². The van der Waals surface area contributed by atoms with Crippen LogP contribution in [0.1, 0.15) is 29.6 Å². The van der Waals surface area contributed by atoms with Crippen LogP contribution in [0.2, 0.25) is 0 Å². The lowest BCUT2D eigenvalue weighted by Gasteiger charge is -2.34. The van der Waals surface area contributed by atoms with Gasteiger partial charge in [0.15, 0.2) is 0 Å². The molecule has 0 spiro atoms. The average molecular weight is 307 g/mol. The Labute approximate surface area is 130 Å². The number of benzene rings is 1. The summed E-state index contributed by atoms with van der Waals surface area (Å²) in [5.74, 6) is 0.589. The second kappa shape index (κ2) is 6.65. The van der Waals surface area contributed by atoms with Gasteiger partial charge in [-0.15, -0.1) is 0 Å². The Morgan fingerprint density at radius 2 is 2.09 bits per heavy atom. The van der Waals surface area contributed by atoms with Gasteiger partial charge in [-0.05, 0) is 56.3 Å². The molecule has 1 aromatic rings. The van der Waals surface area contributed by atoms with E-state index in [1.54, 1.807) is 24.3 Å². The Bertz CT molecular complexity index is 532. The molecule has 1 heterocycles. The Balaban J connectivity index is 1.73. The summed E-state index contributed by atoms with van der Waals surface area (Å²) in [4.78, 5) is 11.7. The zero-order valence-corrected chi connectivity index (χ0v) is 12.8. The van der Waals surface area contributed by atoms with E-state index in [4.69, 9.17) is 9.47 Å². The highest BCUT2D eigenvalue weighted by Crippen LogP contribution is 2.44. The summed E-state index contributed by atoms with van der Waals surface area (Å²) in [5, 5.41) is 3.35. The molecule has 0 radical (unpaired) electrons. The third-order valence-corrected chi connectivity index (χ3v) is 4.68. The van der Waals surface area contributed by atoms with E-state index in [0.29, 0.717) is 11.8 Å². The lowest BCUT2D eigenvalue weighted by Crippen LogP contribution is -2.43. The van der Waals surface area contributed by atoms with Crippen molar-refractivity contribution >= 4 is 5.97 Å². The van der Waals surface area contributed by atoms with Crippen molar-refractivity contribution in [2.24, 2.45) is 17.8 Å². The number of hydrogen-bond acceptors (Lipinski definition) is 4. The summed E-state index contributed by atoms with van der Waals surface area (Å²) < 4.78 is 25.0. The molecule has 1 N–H and O–H groups in total. The van der Waals surface area contributed by atoms with Gasteiger partial charge in [0, 0.05) is 5.92 Å². The zero-order chi connectivity index (χ0) is 15.5. The second-order valence-electron chi connectivity index (χ2n) is 6.11. The molecule has 3 unspecified atom stereocenters. The number of para-hydroxylation sites is 1. The SMILES string of the molecule is COC(=O)c1ccccc1OC(F)C1CCNCC1C1CC1. The van der Waals surface area contributed by atoms with Gasteiger partial charge in [0.2, 0.25) is 6.36 Å². The first-order valence-corrected chi connectivity index (χ1v) is 7.89. The fourth-order valence-electron chi connectivity index (χ4n) is 3.33. The lowest BCUT2D eigenvalue weighted by atomic mass is 9.83. The number of rotatable bonds is 5. The normalized spacial score (nSPS) is 26.3. The van der Waals surface area contributed by atoms with Crippen LogP contribution in [0.5, 0.6) is 5.75 Å². The number of esters is 1. The van der Waals surface area contributed by atoms with E-state index < -0.39 is 12.3 Å². The topological polar surface area (TPSA) is 47.6 Å². The summed E-state index contributed by atoms with van der Waals surface area (Å²) in [6, 6.07) is 6.65. The van der Waals surface area contributed by atoms with Crippen LogP contribution in [0, 0.1) is 17.8 Å². The molecule has 2 fully saturated rings. The number of alkyl halides is 1. The maximum absolute atomic E-state index is 14.8. The lowest BCUT2D eigenvalue weighted by molar-refractivity contribution is -0.0291. The van der Waals surface area contributed by atoms with Crippen molar-refractivity contribution in [2.75, 3.05) is 20.2 Å². The van der Waals surface area contributed by atoms with Gasteiger partial charge in [-0.2, -0.15) is 0 Å². The van der Waals surface area contributed by atoms with E-state index in [1.807, 2.05) is 0 Å². The van der Waals surface area contributed by atoms with Crippen molar-refractivity contribution in [3.8, 4) is 5.75 Å². The van der Waals surface area contributed by atoms with Gasteiger partial charge in [-0.1, -0.05) is 12.1 Å². The van der Waals surface area contributed by atoms with Crippen LogP contribution in [0.25, 0.3) is 0 Å². The van der Waals surface area contributed by atoms with Gasteiger partial charge in [0.25, 0.3) is 0 Å². The molecular formula is C17H22FNO3. The number of hydrogen-bond donors (Lipinski definition) is 1. The molecule has 0 bridgehead atoms. The summed E-state index contributed by atoms with van der Waals surface area (Å²) >= 11 is 0. The van der Waals surface area contributed by atoms with E-state index in [0.717, 1.165) is 19.5 Å². The largest absolute Gasteiger partial charge is 0.465 e. The van der Waals surface area contributed by atoms with Crippen LogP contribution in [0.3, 0.4) is 0 Å². The maximum atomic E-state index is 14.8. The number of nitrogens with one attached hydrogen (secondary N) is 1. The Morgan fingerprint density at radius 1 is 1.32 bits per heavy atom. The summed E-state index contributed by atoms with van der Waals surface area (Å²) in [6.07, 6.45) is 1.75. The minimum atomic E-state index is -1.39. The smallest absolute Gasteiger partial charge is 0.341 e. The van der Waals surface area contributed by atoms with Crippen molar-refractivity contribution in [1.82, 2.24) is 5.32 Å². The number of carbonyl (C=O) groups is 1. The maximum Gasteiger partial charge on any atom is 0.341 e. The molecule has 1 saturated heterocycles. The number of methoxy groups -OCH3 is 1. The molecule has 1 aliphatic carbocycles. The summed E-state index contributed by atoms with van der Waals surface area (Å²) in [6.45, 7) is 1.67. The number of piperidine rings is 1. The summed E-state index contributed by atoms with van der Waals surface area (Å²) in [5.41, 5.74) is 0.268. The predicted molar refractivity (Wildman–Crippen MR) is 80.5 cm³/mol. The van der Waals surface area contributed by atoms with E-state index in [2.05, 4.69) is 5.32 Å². The third kappa shape index (κ3) is 3.24. The molecule has 5 heteroatoms. The molecule has 22 heavy (non-hydrogen) atoms. The average Bonchev–Trinajstić information content (AvgIpc) is 3.39. The van der Waals surface area contributed by atoms with Crippen LogP contribution in [-0.4, -0.2) is 32.5 Å². The van der Waals surface area contributed by atoms with Gasteiger partial charge in [-0.25, -0.2) is 9.18 Å². The molecule has 3 rings (SSSR count). The molecular weight excluding hydrogens is 285 g/mol. The first kappa shape index (κ1) is 15.3. The first-order chi connectivity index (χ1) is 10.7. The molecule has 120 valence electrons. The van der Waals surface area contributed by atoms with E-state index in [-0.39, 0.29) is 17.2 Å². The highest BCUT2D eigenvalue weighted by molar-refractivity contribution is 5.92. The van der Waals surface area contributed by atoms with Crippen molar-refractivity contribution in [1.29, 1.82) is 0 Å². The first-order valence-electron chi connectivity index (χ1n) is 7.89. The molecule has 1 aromatic carbocycles. The second-order valence-corrected chi connectivity index (χ2v) is 6.11. The fourth-order valence-corrected chi connectivity index (χ4v) is 3.33. The molecule has 4 nitrogen and oxygen atoms in total. The van der Waals surface area contributed by atoms with Gasteiger partial charge < -0.3 is 14.8 Å². The van der Waals surface area contributed by atoms with Crippen molar-refractivity contribution < 1.29 is 18.7 Å². The number of halogens is 1. The highest BCUT2D eigenvalue weighted by atomic mass is 19.1. The van der Waals surface area contributed by atoms with E-state index >= 15 is 0 Å². The number of ether oxygens (including phenoxy) is 2. The minimum absolute atomic E-state index is 0.112. The van der Waals surface area contributed by atoms with Gasteiger partial charge in [0.1, 0.15) is 11.3 Å². The molecule has 2 aliphatic rings. The van der Waals surface area contributed by atoms with Crippen LogP contribution >= 0.6 is 0 Å². The van der Waals surface area contributed by atoms with Gasteiger partial charge in [-0.3, -0.25) is 0 Å². The van der Waals surface area contributed by atoms with Crippen LogP contribution < -0.4 is 10.1 Å². The number of carbonyl (C=O) groups excluding carboxylic acids is 1.